The number of nitrogens with two attached hydrogens (primary N) is 1. The van der Waals surface area contributed by atoms with E-state index in [1.54, 1.807) is 47.6 Å². The summed E-state index contributed by atoms with van der Waals surface area (Å²) in [5.74, 6) is -0.646. The molecule has 4 aromatic carbocycles. The third-order valence-electron chi connectivity index (χ3n) is 8.13. The first kappa shape index (κ1) is 27.2. The van der Waals surface area contributed by atoms with E-state index < -0.39 is 5.54 Å². The number of fused-ring (bicyclic) bond motifs is 1. The molecule has 2 N–H and O–H groups in total. The Morgan fingerprint density at radius 1 is 0.795 bits per heavy atom. The number of guanidine groups is 1. The maximum Gasteiger partial charge on any atom is 0.266 e. The normalized spacial score (nSPS) is 17.5. The second kappa shape index (κ2) is 10.9. The van der Waals surface area contributed by atoms with Gasteiger partial charge < -0.3 is 10.6 Å². The summed E-state index contributed by atoms with van der Waals surface area (Å²) in [6, 6.07) is 30.3. The van der Waals surface area contributed by atoms with Gasteiger partial charge in [0.1, 0.15) is 5.82 Å². The van der Waals surface area contributed by atoms with Crippen LogP contribution < -0.4 is 5.73 Å². The number of rotatable bonds is 6. The summed E-state index contributed by atoms with van der Waals surface area (Å²) in [5, 5.41) is 0. The first-order valence-electron chi connectivity index (χ1n) is 14.2. The van der Waals surface area contributed by atoms with Gasteiger partial charge in [-0.2, -0.15) is 0 Å². The molecule has 216 valence electrons. The average molecular weight is 583 g/mol. The molecule has 0 aliphatic carbocycles. The van der Waals surface area contributed by atoms with Crippen LogP contribution in [0.15, 0.2) is 121 Å². The van der Waals surface area contributed by atoms with Gasteiger partial charge in [-0.3, -0.25) is 24.5 Å². The molecule has 2 aliphatic heterocycles. The molecule has 0 saturated carbocycles. The van der Waals surface area contributed by atoms with Crippen molar-refractivity contribution in [2.24, 2.45) is 10.7 Å². The summed E-state index contributed by atoms with van der Waals surface area (Å²) in [5.41, 5.74) is 11.0. The van der Waals surface area contributed by atoms with Crippen molar-refractivity contribution in [3.8, 4) is 11.1 Å². The predicted octanol–water partition coefficient (Wildman–Crippen LogP) is 5.04. The molecule has 5 aromatic rings. The molecule has 3 heterocycles. The van der Waals surface area contributed by atoms with E-state index in [4.69, 9.17) is 10.7 Å². The largest absolute Gasteiger partial charge is 0.369 e. The molecule has 0 spiro atoms. The first-order valence-corrected chi connectivity index (χ1v) is 14.2. The minimum Gasteiger partial charge on any atom is -0.369 e. The topological polar surface area (TPSA) is 105 Å². The van der Waals surface area contributed by atoms with Crippen molar-refractivity contribution >= 4 is 17.8 Å². The predicted molar refractivity (Wildman–Crippen MR) is 163 cm³/mol. The first-order chi connectivity index (χ1) is 21.4. The van der Waals surface area contributed by atoms with Crippen molar-refractivity contribution in [3.63, 3.8) is 0 Å². The highest BCUT2D eigenvalue weighted by atomic mass is 19.1. The Balaban J connectivity index is 1.18. The van der Waals surface area contributed by atoms with Crippen molar-refractivity contribution in [1.29, 1.82) is 0 Å². The summed E-state index contributed by atoms with van der Waals surface area (Å²) in [6.45, 7) is 0.937. The third kappa shape index (κ3) is 4.68. The Morgan fingerprint density at radius 3 is 2.07 bits per heavy atom. The van der Waals surface area contributed by atoms with E-state index in [0.29, 0.717) is 29.8 Å². The molecule has 0 fully saturated rings. The zero-order chi connectivity index (χ0) is 30.3. The standard InChI is InChI=1S/C35H27FN6O2/c36-29-15-11-25(12-16-29)24-9-13-28(14-10-24)35(27-7-2-1-3-8-27)33(44)42(34(37)40-35)20-23-5-4-6-26(19-23)32(43)41-21-30-31(22-41)39-18-17-38-30/h1-19H,20-22H2,(H2,37,40). The molecule has 2 amide bonds. The van der Waals surface area contributed by atoms with Gasteiger partial charge >= 0.3 is 0 Å². The quantitative estimate of drug-likeness (QED) is 0.302. The lowest BCUT2D eigenvalue weighted by atomic mass is 9.82. The van der Waals surface area contributed by atoms with E-state index >= 15 is 0 Å². The Hall–Kier alpha value is -5.70. The second-order valence-corrected chi connectivity index (χ2v) is 10.8. The fourth-order valence-corrected chi connectivity index (χ4v) is 5.89. The lowest BCUT2D eigenvalue weighted by Crippen LogP contribution is -2.43. The number of halogens is 1. The van der Waals surface area contributed by atoms with Crippen molar-refractivity contribution in [3.05, 3.63) is 155 Å². The average Bonchev–Trinajstić information content (AvgIpc) is 3.61. The highest BCUT2D eigenvalue weighted by Crippen LogP contribution is 2.40. The summed E-state index contributed by atoms with van der Waals surface area (Å²) in [7, 11) is 0. The highest BCUT2D eigenvalue weighted by Gasteiger charge is 2.50. The number of hydrogen-bond acceptors (Lipinski definition) is 6. The molecular formula is C35H27FN6O2. The summed E-state index contributed by atoms with van der Waals surface area (Å²) in [4.78, 5) is 44.4. The SMILES string of the molecule is NC1=NC(c2ccccc2)(c2ccc(-c3ccc(F)cc3)cc2)C(=O)N1Cc1cccc(C(=O)N2Cc3nccnc3C2)c1. The highest BCUT2D eigenvalue weighted by molar-refractivity contribution is 6.09. The van der Waals surface area contributed by atoms with E-state index in [2.05, 4.69) is 9.97 Å². The van der Waals surface area contributed by atoms with Crippen molar-refractivity contribution < 1.29 is 14.0 Å². The number of carbonyl (C=O) groups is 2. The minimum absolute atomic E-state index is 0.0883. The number of aromatic nitrogens is 2. The lowest BCUT2D eigenvalue weighted by molar-refractivity contribution is -0.130. The van der Waals surface area contributed by atoms with Crippen LogP contribution in [0.3, 0.4) is 0 Å². The Kier molecular flexibility index (Phi) is 6.70. The van der Waals surface area contributed by atoms with Gasteiger partial charge in [0.25, 0.3) is 11.8 Å². The van der Waals surface area contributed by atoms with Gasteiger partial charge in [-0.15, -0.1) is 0 Å². The van der Waals surface area contributed by atoms with Crippen molar-refractivity contribution in [1.82, 2.24) is 19.8 Å². The number of hydrogen-bond donors (Lipinski definition) is 1. The van der Waals surface area contributed by atoms with Gasteiger partial charge in [-0.1, -0.05) is 78.9 Å². The van der Waals surface area contributed by atoms with E-state index in [0.717, 1.165) is 28.1 Å². The van der Waals surface area contributed by atoms with E-state index in [1.807, 2.05) is 60.7 Å². The monoisotopic (exact) mass is 582 g/mol. The third-order valence-corrected chi connectivity index (χ3v) is 8.13. The molecule has 9 heteroatoms. The lowest BCUT2D eigenvalue weighted by Gasteiger charge is -2.27. The number of aliphatic imine (C=N–C) groups is 1. The van der Waals surface area contributed by atoms with Crippen molar-refractivity contribution in [2.75, 3.05) is 0 Å². The van der Waals surface area contributed by atoms with Crippen LogP contribution in [0.4, 0.5) is 4.39 Å². The number of amides is 2. The molecule has 0 bridgehead atoms. The summed E-state index contributed by atoms with van der Waals surface area (Å²) < 4.78 is 13.5. The fourth-order valence-electron chi connectivity index (χ4n) is 5.89. The van der Waals surface area contributed by atoms with Gasteiger partial charge in [0.05, 0.1) is 31.0 Å². The van der Waals surface area contributed by atoms with E-state index in [9.17, 15) is 14.0 Å². The molecule has 1 atom stereocenters. The number of benzene rings is 4. The fraction of sp³-hybridized carbons (Fsp3) is 0.114. The van der Waals surface area contributed by atoms with Crippen molar-refractivity contribution in [2.45, 2.75) is 25.2 Å². The molecule has 0 radical (unpaired) electrons. The Bertz CT molecular complexity index is 1890. The second-order valence-electron chi connectivity index (χ2n) is 10.8. The van der Waals surface area contributed by atoms with Gasteiger partial charge in [0, 0.05) is 18.0 Å². The summed E-state index contributed by atoms with van der Waals surface area (Å²) >= 11 is 0. The maximum atomic E-state index is 14.4. The minimum atomic E-state index is -1.39. The van der Waals surface area contributed by atoms with Crippen LogP contribution in [-0.2, 0) is 30.0 Å². The molecule has 2 aliphatic rings. The van der Waals surface area contributed by atoms with Crippen LogP contribution in [-0.4, -0.2) is 37.5 Å². The zero-order valence-corrected chi connectivity index (χ0v) is 23.6. The molecule has 44 heavy (non-hydrogen) atoms. The molecule has 0 saturated heterocycles. The van der Waals surface area contributed by atoms with Crippen LogP contribution in [0.5, 0.6) is 0 Å². The Morgan fingerprint density at radius 2 is 1.41 bits per heavy atom. The van der Waals surface area contributed by atoms with E-state index in [-0.39, 0.29) is 30.1 Å². The van der Waals surface area contributed by atoms with Gasteiger partial charge in [0.15, 0.2) is 11.5 Å². The van der Waals surface area contributed by atoms with Crippen LogP contribution in [0.1, 0.15) is 38.4 Å². The molecular weight excluding hydrogens is 555 g/mol. The molecule has 1 unspecified atom stereocenters. The Labute approximate surface area is 253 Å². The number of nitrogens with zero attached hydrogens (tertiary/aromatic N) is 5. The van der Waals surface area contributed by atoms with Crippen LogP contribution >= 0.6 is 0 Å². The smallest absolute Gasteiger partial charge is 0.266 e. The van der Waals surface area contributed by atoms with Gasteiger partial charge in [-0.05, 0) is 52.1 Å². The number of carbonyl (C=O) groups excluding carboxylic acids is 2. The molecule has 1 aromatic heterocycles. The molecule has 8 nitrogen and oxygen atoms in total. The van der Waals surface area contributed by atoms with E-state index in [1.165, 1.54) is 17.0 Å². The summed E-state index contributed by atoms with van der Waals surface area (Å²) in [6.07, 6.45) is 3.25. The maximum absolute atomic E-state index is 14.4. The molecule has 7 rings (SSSR count). The zero-order valence-electron chi connectivity index (χ0n) is 23.6. The van der Waals surface area contributed by atoms with Crippen LogP contribution in [0.25, 0.3) is 11.1 Å². The van der Waals surface area contributed by atoms with Crippen LogP contribution in [0.2, 0.25) is 0 Å². The van der Waals surface area contributed by atoms with Gasteiger partial charge in [-0.25, -0.2) is 9.38 Å². The van der Waals surface area contributed by atoms with Crippen LogP contribution in [0, 0.1) is 5.82 Å². The van der Waals surface area contributed by atoms with Gasteiger partial charge in [0.2, 0.25) is 0 Å².